The number of carbonyl (C=O) groups is 2. The molecule has 2 aromatic carbocycles. The maximum Gasteiger partial charge on any atom is 0.222 e. The molecule has 0 bridgehead atoms. The van der Waals surface area contributed by atoms with Crippen molar-refractivity contribution in [1.82, 2.24) is 4.90 Å². The number of benzene rings is 2. The first-order valence-corrected chi connectivity index (χ1v) is 12.6. The highest BCUT2D eigenvalue weighted by molar-refractivity contribution is 5.79. The van der Waals surface area contributed by atoms with E-state index in [1.807, 2.05) is 35.2 Å². The first-order chi connectivity index (χ1) is 16.8. The second-order valence-electron chi connectivity index (χ2n) is 9.68. The summed E-state index contributed by atoms with van der Waals surface area (Å²) in [6.45, 7) is 8.77. The molecular formula is C29H39N3O3. The molecule has 0 aliphatic carbocycles. The van der Waals surface area contributed by atoms with E-state index >= 15 is 0 Å². The molecule has 3 rings (SSSR count). The summed E-state index contributed by atoms with van der Waals surface area (Å²) in [7, 11) is 0. The zero-order valence-corrected chi connectivity index (χ0v) is 21.3. The largest absolute Gasteiger partial charge is 0.489 e. The maximum atomic E-state index is 12.9. The van der Waals surface area contributed by atoms with Crippen molar-refractivity contribution >= 4 is 17.5 Å². The van der Waals surface area contributed by atoms with Gasteiger partial charge in [0.2, 0.25) is 11.8 Å². The van der Waals surface area contributed by atoms with E-state index in [2.05, 4.69) is 49.1 Å². The van der Waals surface area contributed by atoms with Gasteiger partial charge in [0.1, 0.15) is 12.4 Å². The van der Waals surface area contributed by atoms with Gasteiger partial charge in [0, 0.05) is 43.7 Å². The number of primary amides is 1. The van der Waals surface area contributed by atoms with E-state index in [1.54, 1.807) is 6.92 Å². The van der Waals surface area contributed by atoms with Crippen molar-refractivity contribution in [3.63, 3.8) is 0 Å². The first kappa shape index (κ1) is 26.3. The average Bonchev–Trinajstić information content (AvgIpc) is 2.87. The molecule has 1 saturated heterocycles. The van der Waals surface area contributed by atoms with E-state index in [0.717, 1.165) is 42.9 Å². The second-order valence-corrected chi connectivity index (χ2v) is 9.68. The quantitative estimate of drug-likeness (QED) is 0.466. The van der Waals surface area contributed by atoms with Crippen LogP contribution in [0.15, 0.2) is 66.2 Å². The monoisotopic (exact) mass is 477 g/mol. The van der Waals surface area contributed by atoms with Gasteiger partial charge in [-0.3, -0.25) is 9.59 Å². The number of nitrogens with zero attached hydrogens (tertiary/aromatic N) is 2. The fourth-order valence-corrected chi connectivity index (χ4v) is 4.30. The van der Waals surface area contributed by atoms with E-state index in [9.17, 15) is 9.59 Å². The van der Waals surface area contributed by atoms with Crippen molar-refractivity contribution in [2.45, 2.75) is 59.1 Å². The molecular weight excluding hydrogens is 438 g/mol. The van der Waals surface area contributed by atoms with Crippen LogP contribution in [0.25, 0.3) is 0 Å². The van der Waals surface area contributed by atoms with Crippen LogP contribution in [-0.4, -0.2) is 42.4 Å². The van der Waals surface area contributed by atoms with Gasteiger partial charge in [0.25, 0.3) is 0 Å². The Morgan fingerprint density at radius 2 is 1.86 bits per heavy atom. The first-order valence-electron chi connectivity index (χ1n) is 12.6. The number of carbonyl (C=O) groups excluding carboxylic acids is 2. The number of rotatable bonds is 11. The fraction of sp³-hybridized carbons (Fsp3) is 0.448. The van der Waals surface area contributed by atoms with Crippen LogP contribution >= 0.6 is 0 Å². The number of amides is 2. The number of allylic oxidation sites excluding steroid dienone is 1. The Morgan fingerprint density at radius 1 is 1.14 bits per heavy atom. The molecule has 1 fully saturated rings. The minimum atomic E-state index is -0.349. The summed E-state index contributed by atoms with van der Waals surface area (Å²) >= 11 is 0. The summed E-state index contributed by atoms with van der Waals surface area (Å²) in [4.78, 5) is 28.5. The molecule has 35 heavy (non-hydrogen) atoms. The van der Waals surface area contributed by atoms with Crippen LogP contribution in [0.1, 0.15) is 52.0 Å². The third kappa shape index (κ3) is 8.16. The molecule has 6 nitrogen and oxygen atoms in total. The second kappa shape index (κ2) is 13.0. The minimum Gasteiger partial charge on any atom is -0.489 e. The molecule has 0 spiro atoms. The number of hydrogen-bond donors (Lipinski definition) is 1. The lowest BCUT2D eigenvalue weighted by molar-refractivity contribution is -0.132. The number of hydrogen-bond acceptors (Lipinski definition) is 4. The molecule has 2 atom stereocenters. The topological polar surface area (TPSA) is 75.9 Å². The summed E-state index contributed by atoms with van der Waals surface area (Å²) in [5.41, 5.74) is 8.88. The number of ether oxygens (including phenoxy) is 1. The summed E-state index contributed by atoms with van der Waals surface area (Å²) in [6, 6.07) is 18.6. The summed E-state index contributed by atoms with van der Waals surface area (Å²) in [6.07, 6.45) is 5.09. The zero-order valence-electron chi connectivity index (χ0n) is 21.3. The van der Waals surface area contributed by atoms with Gasteiger partial charge in [0.15, 0.2) is 0 Å². The van der Waals surface area contributed by atoms with Crippen LogP contribution in [0, 0.1) is 5.92 Å². The summed E-state index contributed by atoms with van der Waals surface area (Å²) < 4.78 is 5.97. The van der Waals surface area contributed by atoms with E-state index in [-0.39, 0.29) is 23.8 Å². The Hall–Kier alpha value is -3.28. The number of nitrogens with two attached hydrogens (primary N) is 1. The highest BCUT2D eigenvalue weighted by Gasteiger charge is 2.28. The molecule has 0 aromatic heterocycles. The minimum absolute atomic E-state index is 0.106. The van der Waals surface area contributed by atoms with Gasteiger partial charge in [0.05, 0.1) is 0 Å². The molecule has 0 saturated carbocycles. The zero-order chi connectivity index (χ0) is 25.2. The smallest absolute Gasteiger partial charge is 0.222 e. The van der Waals surface area contributed by atoms with Gasteiger partial charge in [-0.2, -0.15) is 0 Å². The molecule has 1 aliphatic heterocycles. The molecule has 0 radical (unpaired) electrons. The molecule has 6 heteroatoms. The molecule has 1 aliphatic rings. The van der Waals surface area contributed by atoms with Crippen molar-refractivity contribution in [2.24, 2.45) is 11.7 Å². The lowest BCUT2D eigenvalue weighted by Crippen LogP contribution is -2.50. The highest BCUT2D eigenvalue weighted by atomic mass is 16.5. The Balaban J connectivity index is 1.66. The van der Waals surface area contributed by atoms with Crippen LogP contribution in [0.3, 0.4) is 0 Å². The third-order valence-corrected chi connectivity index (χ3v) is 6.58. The van der Waals surface area contributed by atoms with Gasteiger partial charge in [-0.25, -0.2) is 0 Å². The van der Waals surface area contributed by atoms with Gasteiger partial charge in [-0.15, -0.1) is 0 Å². The molecule has 188 valence electrons. The maximum absolute atomic E-state index is 12.9. The number of likely N-dealkylation sites (tertiary alicyclic amines) is 1. The van der Waals surface area contributed by atoms with Crippen molar-refractivity contribution in [3.8, 4) is 5.75 Å². The highest BCUT2D eigenvalue weighted by Crippen LogP contribution is 2.26. The van der Waals surface area contributed by atoms with Gasteiger partial charge >= 0.3 is 0 Å². The Bertz CT molecular complexity index is 984. The van der Waals surface area contributed by atoms with Crippen LogP contribution in [-0.2, 0) is 16.2 Å². The predicted molar refractivity (Wildman–Crippen MR) is 141 cm³/mol. The normalized spacial score (nSPS) is 16.3. The van der Waals surface area contributed by atoms with Gasteiger partial charge in [-0.1, -0.05) is 48.9 Å². The van der Waals surface area contributed by atoms with Gasteiger partial charge < -0.3 is 20.3 Å². The van der Waals surface area contributed by atoms with E-state index in [0.29, 0.717) is 26.0 Å². The van der Waals surface area contributed by atoms with Crippen LogP contribution in [0.2, 0.25) is 0 Å². The Labute approximate surface area is 209 Å². The van der Waals surface area contributed by atoms with E-state index in [4.69, 9.17) is 10.5 Å². The number of piperidine rings is 1. The van der Waals surface area contributed by atoms with Crippen LogP contribution < -0.4 is 15.4 Å². The van der Waals surface area contributed by atoms with E-state index < -0.39 is 0 Å². The lowest BCUT2D eigenvalue weighted by Gasteiger charge is -2.40. The van der Waals surface area contributed by atoms with Crippen molar-refractivity contribution in [1.29, 1.82) is 0 Å². The van der Waals surface area contributed by atoms with E-state index in [1.165, 1.54) is 5.57 Å². The molecule has 2 N–H and O–H groups in total. The average molecular weight is 478 g/mol. The predicted octanol–water partition coefficient (Wildman–Crippen LogP) is 4.93. The molecule has 2 aromatic rings. The van der Waals surface area contributed by atoms with Crippen LogP contribution in [0.5, 0.6) is 5.75 Å². The van der Waals surface area contributed by atoms with Crippen molar-refractivity contribution < 1.29 is 14.3 Å². The Kier molecular flexibility index (Phi) is 9.76. The lowest BCUT2D eigenvalue weighted by atomic mass is 10.0. The SMILES string of the molecule is CC(C)=CCN(c1ccc(OCc2ccccc2)cc1)C1CCCN(C(=O)CCC(C)C(N)=O)C1. The third-order valence-electron chi connectivity index (χ3n) is 6.58. The summed E-state index contributed by atoms with van der Waals surface area (Å²) in [5, 5.41) is 0. The standard InChI is InChI=1S/C29H39N3O3/c1-22(2)17-19-32(25-12-14-27(15-13-25)35-21-24-8-5-4-6-9-24)26-10-7-18-31(20-26)28(33)16-11-23(3)29(30)34/h4-6,8-9,12-15,17,23,26H,7,10-11,16,18-21H2,1-3H3,(H2,30,34). The van der Waals surface area contributed by atoms with Crippen LogP contribution in [0.4, 0.5) is 5.69 Å². The summed E-state index contributed by atoms with van der Waals surface area (Å²) in [5.74, 6) is 0.313. The fourth-order valence-electron chi connectivity index (χ4n) is 4.30. The molecule has 2 unspecified atom stereocenters. The van der Waals surface area contributed by atoms with Crippen molar-refractivity contribution in [2.75, 3.05) is 24.5 Å². The molecule has 1 heterocycles. The molecule has 2 amide bonds. The van der Waals surface area contributed by atoms with Gasteiger partial charge in [-0.05, 0) is 62.9 Å². The van der Waals surface area contributed by atoms with Crippen molar-refractivity contribution in [3.05, 3.63) is 71.8 Å². The number of anilines is 1. The Morgan fingerprint density at radius 3 is 2.51 bits per heavy atom.